The van der Waals surface area contributed by atoms with Crippen LogP contribution in [-0.4, -0.2) is 12.6 Å². The molecule has 1 aromatic carbocycles. The first-order chi connectivity index (χ1) is 12.1. The first-order valence-electron chi connectivity index (χ1n) is 7.37. The summed E-state index contributed by atoms with van der Waals surface area (Å²) >= 11 is 0. The average Bonchev–Trinajstić information content (AvgIpc) is 2.56. The van der Waals surface area contributed by atoms with Crippen LogP contribution in [0.4, 0.5) is 0 Å². The van der Waals surface area contributed by atoms with E-state index in [0.29, 0.717) is 23.3 Å². The number of hydrogen-bond donors (Lipinski definition) is 0. The predicted molar refractivity (Wildman–Crippen MR) is 78.5 cm³/mol. The molecule has 1 heterocycles. The Morgan fingerprint density at radius 1 is 1.23 bits per heavy atom. The van der Waals surface area contributed by atoms with E-state index in [9.17, 15) is 10.1 Å². The smallest absolute Gasteiger partial charge is 0.345 e. The van der Waals surface area contributed by atoms with E-state index in [0.717, 1.165) is 11.3 Å². The van der Waals surface area contributed by atoms with E-state index in [2.05, 4.69) is 6.07 Å². The van der Waals surface area contributed by atoms with Gasteiger partial charge >= 0.3 is 5.97 Å². The minimum atomic E-state index is -4.94. The molecule has 0 radical (unpaired) electrons. The summed E-state index contributed by atoms with van der Waals surface area (Å²) in [5.74, 6) is -0.401. The number of aromatic nitrogens is 1. The van der Waals surface area contributed by atoms with Crippen molar-refractivity contribution in [3.8, 4) is 17.2 Å². The van der Waals surface area contributed by atoms with E-state index < -0.39 is 16.2 Å². The number of nitrogens with zero attached hydrogens (tertiary/aromatic N) is 2. The number of ether oxygens (including phenoxy) is 1. The third kappa shape index (κ3) is 6.07. The fourth-order valence-electron chi connectivity index (χ4n) is 2.29. The molecule has 138 valence electrons. The van der Waals surface area contributed by atoms with Crippen LogP contribution in [0.1, 0.15) is 28.5 Å². The van der Waals surface area contributed by atoms with Crippen LogP contribution in [0.3, 0.4) is 0 Å². The second-order valence-electron chi connectivity index (χ2n) is 5.07. The minimum absolute atomic E-state index is 0.299. The van der Waals surface area contributed by atoms with Crippen molar-refractivity contribution in [3.05, 3.63) is 53.3 Å². The molecule has 0 saturated carbocycles. The van der Waals surface area contributed by atoms with Gasteiger partial charge in [0.2, 0.25) is 0 Å². The molecule has 0 unspecified atom stereocenters. The van der Waals surface area contributed by atoms with Gasteiger partial charge in [-0.2, -0.15) is 5.26 Å². The molecule has 26 heavy (non-hydrogen) atoms. The van der Waals surface area contributed by atoms with Crippen molar-refractivity contribution in [2.75, 3.05) is 6.61 Å². The Morgan fingerprint density at radius 2 is 1.77 bits per heavy atom. The summed E-state index contributed by atoms with van der Waals surface area (Å²) in [4.78, 5) is 12.3. The highest BCUT2D eigenvalue weighted by molar-refractivity contribution is 5.99. The van der Waals surface area contributed by atoms with Gasteiger partial charge < -0.3 is 4.74 Å². The summed E-state index contributed by atoms with van der Waals surface area (Å²) in [6.45, 7) is 3.91. The molecule has 0 aliphatic heterocycles. The van der Waals surface area contributed by atoms with Crippen molar-refractivity contribution < 1.29 is 43.0 Å². The van der Waals surface area contributed by atoms with E-state index in [1.807, 2.05) is 44.3 Å². The fourth-order valence-corrected chi connectivity index (χ4v) is 2.29. The number of carbonyl (C=O) groups is 1. The van der Waals surface area contributed by atoms with E-state index in [-0.39, 0.29) is 0 Å². The molecule has 0 bridgehead atoms. The van der Waals surface area contributed by atoms with Crippen LogP contribution < -0.4 is 23.2 Å². The van der Waals surface area contributed by atoms with Crippen LogP contribution >= 0.6 is 0 Å². The van der Waals surface area contributed by atoms with Gasteiger partial charge in [-0.05, 0) is 12.5 Å². The van der Waals surface area contributed by atoms with Gasteiger partial charge in [-0.1, -0.05) is 30.3 Å². The summed E-state index contributed by atoms with van der Waals surface area (Å²) in [7, 11) is -3.13. The standard InChI is InChI=1S/C17H17N2O2.ClHO4/c1-4-21-17(20)15-12(2)19(3)11-14(10-18)16(15)13-8-6-5-7-9-13;2-1(3,4)5/h5-9,11H,4H2,1-3H3;(H,2,3,4,5)/q+1;/p-1. The number of hydrogen-bond acceptors (Lipinski definition) is 7. The monoisotopic (exact) mass is 380 g/mol. The van der Waals surface area contributed by atoms with Gasteiger partial charge in [0.25, 0.3) is 0 Å². The Labute approximate surface area is 152 Å². The highest BCUT2D eigenvalue weighted by Gasteiger charge is 2.26. The Bertz CT molecular complexity index is 807. The maximum atomic E-state index is 12.3. The molecule has 0 amide bonds. The second-order valence-corrected chi connectivity index (χ2v) is 5.82. The molecule has 2 rings (SSSR count). The fraction of sp³-hybridized carbons (Fsp3) is 0.235. The first kappa shape index (κ1) is 21.5. The van der Waals surface area contributed by atoms with Crippen molar-refractivity contribution in [2.45, 2.75) is 13.8 Å². The van der Waals surface area contributed by atoms with Crippen molar-refractivity contribution in [2.24, 2.45) is 7.05 Å². The van der Waals surface area contributed by atoms with Gasteiger partial charge in [0.05, 0.1) is 6.61 Å². The number of esters is 1. The Kier molecular flexibility index (Phi) is 7.64. The lowest BCUT2D eigenvalue weighted by atomic mass is 9.95. The maximum Gasteiger partial charge on any atom is 0.345 e. The highest BCUT2D eigenvalue weighted by atomic mass is 35.7. The molecule has 1 aromatic heterocycles. The van der Waals surface area contributed by atoms with Crippen molar-refractivity contribution in [1.29, 1.82) is 5.26 Å². The zero-order valence-electron chi connectivity index (χ0n) is 14.4. The lowest BCUT2D eigenvalue weighted by Gasteiger charge is -2.17. The summed E-state index contributed by atoms with van der Waals surface area (Å²) in [6, 6.07) is 11.6. The Morgan fingerprint density at radius 3 is 2.23 bits per heavy atom. The molecular formula is C17H17ClN2O6. The number of nitriles is 1. The van der Waals surface area contributed by atoms with Gasteiger partial charge in [-0.25, -0.2) is 28.0 Å². The van der Waals surface area contributed by atoms with Gasteiger partial charge in [0, 0.05) is 12.5 Å². The largest absolute Gasteiger partial charge is 0.462 e. The maximum absolute atomic E-state index is 12.3. The van der Waals surface area contributed by atoms with Crippen LogP contribution in [0.2, 0.25) is 0 Å². The number of carbonyl (C=O) groups excluding carboxylic acids is 1. The molecule has 2 aromatic rings. The molecule has 9 heteroatoms. The van der Waals surface area contributed by atoms with E-state index in [4.69, 9.17) is 23.4 Å². The molecular weight excluding hydrogens is 364 g/mol. The minimum Gasteiger partial charge on any atom is -0.462 e. The lowest BCUT2D eigenvalue weighted by Crippen LogP contribution is -2.68. The van der Waals surface area contributed by atoms with Crippen molar-refractivity contribution in [3.63, 3.8) is 0 Å². The quantitative estimate of drug-likeness (QED) is 0.432. The second kappa shape index (κ2) is 9.24. The molecule has 0 N–H and O–H groups in total. The average molecular weight is 381 g/mol. The molecule has 0 saturated heterocycles. The summed E-state index contributed by atoms with van der Waals surface area (Å²) < 4.78 is 40.9. The normalized spacial score (nSPS) is 10.4. The zero-order valence-corrected chi connectivity index (χ0v) is 15.1. The Hall–Kier alpha value is -2.54. The van der Waals surface area contributed by atoms with E-state index >= 15 is 0 Å². The predicted octanol–water partition coefficient (Wildman–Crippen LogP) is -2.22. The number of rotatable bonds is 3. The van der Waals surface area contributed by atoms with Gasteiger partial charge in [-0.15, -0.1) is 10.2 Å². The summed E-state index contributed by atoms with van der Waals surface area (Å²) in [6.07, 6.45) is 1.74. The lowest BCUT2D eigenvalue weighted by molar-refractivity contribution is -2.00. The van der Waals surface area contributed by atoms with Crippen molar-refractivity contribution in [1.82, 2.24) is 0 Å². The zero-order chi connectivity index (χ0) is 19.9. The third-order valence-corrected chi connectivity index (χ3v) is 3.40. The SMILES string of the molecule is CCOC(=O)c1c(-c2ccccc2)c(C#N)c[n+](C)c1C.[O-][Cl+3]([O-])([O-])[O-]. The summed E-state index contributed by atoms with van der Waals surface area (Å²) in [5, 5.41) is 9.42. The van der Waals surface area contributed by atoms with E-state index in [1.54, 1.807) is 17.7 Å². The number of halogens is 1. The van der Waals surface area contributed by atoms with Crippen molar-refractivity contribution >= 4 is 5.97 Å². The van der Waals surface area contributed by atoms with Crippen LogP contribution in [0.5, 0.6) is 0 Å². The molecule has 8 nitrogen and oxygen atoms in total. The molecule has 0 aliphatic carbocycles. The Balaban J connectivity index is 0.000000597. The van der Waals surface area contributed by atoms with Crippen LogP contribution in [-0.2, 0) is 11.8 Å². The molecule has 0 fully saturated rings. The van der Waals surface area contributed by atoms with Gasteiger partial charge in [-0.3, -0.25) is 0 Å². The van der Waals surface area contributed by atoms with Crippen LogP contribution in [0, 0.1) is 28.5 Å². The van der Waals surface area contributed by atoms with Crippen LogP contribution in [0.15, 0.2) is 36.5 Å². The number of benzene rings is 1. The van der Waals surface area contributed by atoms with Gasteiger partial charge in [0.1, 0.15) is 24.2 Å². The molecule has 0 spiro atoms. The molecule has 0 aliphatic rings. The van der Waals surface area contributed by atoms with E-state index in [1.165, 1.54) is 0 Å². The first-order valence-corrected chi connectivity index (χ1v) is 8.61. The third-order valence-electron chi connectivity index (χ3n) is 3.40. The van der Waals surface area contributed by atoms with Gasteiger partial charge in [0.15, 0.2) is 11.9 Å². The topological polar surface area (TPSA) is 146 Å². The summed E-state index contributed by atoms with van der Waals surface area (Å²) in [5.41, 5.74) is 3.14. The molecule has 0 atom stereocenters. The highest BCUT2D eigenvalue weighted by Crippen LogP contribution is 2.28. The number of aryl methyl sites for hydroxylation is 1. The number of pyridine rings is 1. The van der Waals surface area contributed by atoms with Crippen LogP contribution in [0.25, 0.3) is 11.1 Å².